The zero-order chi connectivity index (χ0) is 11.7. The highest BCUT2D eigenvalue weighted by atomic mass is 35.5. The third kappa shape index (κ3) is 1.61. The lowest BCUT2D eigenvalue weighted by Crippen LogP contribution is -2.06. The molecule has 16 heavy (non-hydrogen) atoms. The van der Waals surface area contributed by atoms with Crippen molar-refractivity contribution in [2.45, 2.75) is 0 Å². The Balaban J connectivity index is 2.91. The highest BCUT2D eigenvalue weighted by Crippen LogP contribution is 2.34. The first kappa shape index (κ1) is 10.8. The van der Waals surface area contributed by atoms with Crippen LogP contribution in [0.4, 0.5) is 0 Å². The van der Waals surface area contributed by atoms with Crippen LogP contribution in [0.1, 0.15) is 0 Å². The molecule has 0 atom stereocenters. The predicted molar refractivity (Wildman–Crippen MR) is 62.7 cm³/mol. The predicted octanol–water partition coefficient (Wildman–Crippen LogP) is 2.20. The number of methoxy groups -OCH3 is 2. The number of fused-ring (bicyclic) bond motifs is 1. The molecule has 2 aromatic rings. The summed E-state index contributed by atoms with van der Waals surface area (Å²) in [6.45, 7) is 0. The van der Waals surface area contributed by atoms with Gasteiger partial charge in [0, 0.05) is 5.39 Å². The molecule has 0 radical (unpaired) electrons. The normalized spacial score (nSPS) is 10.4. The minimum atomic E-state index is -0.247. The van der Waals surface area contributed by atoms with Gasteiger partial charge in [-0.3, -0.25) is 4.79 Å². The molecule has 2 rings (SSSR count). The number of halogens is 1. The van der Waals surface area contributed by atoms with E-state index >= 15 is 0 Å². The standard InChI is InChI=1S/C11H10ClNO3/c1-15-8-4-3-6-7(10(8)16-2)5-9(12)13-11(6)14/h3-5H,1-2H3,(H,13,14). The molecule has 0 bridgehead atoms. The van der Waals surface area contributed by atoms with Crippen molar-refractivity contribution >= 4 is 22.4 Å². The first-order valence-corrected chi connectivity index (χ1v) is 4.98. The van der Waals surface area contributed by atoms with Gasteiger partial charge in [0.1, 0.15) is 5.15 Å². The monoisotopic (exact) mass is 239 g/mol. The number of nitrogens with one attached hydrogen (secondary N) is 1. The van der Waals surface area contributed by atoms with Crippen LogP contribution in [-0.4, -0.2) is 19.2 Å². The van der Waals surface area contributed by atoms with Gasteiger partial charge in [-0.2, -0.15) is 0 Å². The Kier molecular flexibility index (Phi) is 2.75. The fraction of sp³-hybridized carbons (Fsp3) is 0.182. The van der Waals surface area contributed by atoms with Gasteiger partial charge in [0.25, 0.3) is 5.56 Å². The molecule has 0 aliphatic rings. The van der Waals surface area contributed by atoms with E-state index in [1.807, 2.05) is 0 Å². The van der Waals surface area contributed by atoms with E-state index in [2.05, 4.69) is 4.98 Å². The minimum absolute atomic E-state index is 0.247. The van der Waals surface area contributed by atoms with E-state index in [9.17, 15) is 4.79 Å². The summed E-state index contributed by atoms with van der Waals surface area (Å²) in [5.41, 5.74) is -0.247. The molecule has 0 saturated heterocycles. The summed E-state index contributed by atoms with van der Waals surface area (Å²) in [5, 5.41) is 1.42. The van der Waals surface area contributed by atoms with Gasteiger partial charge in [-0.1, -0.05) is 11.6 Å². The fourth-order valence-electron chi connectivity index (χ4n) is 1.63. The van der Waals surface area contributed by atoms with Crippen LogP contribution in [0.5, 0.6) is 11.5 Å². The number of aromatic amines is 1. The van der Waals surface area contributed by atoms with Gasteiger partial charge in [0.15, 0.2) is 11.5 Å². The van der Waals surface area contributed by atoms with E-state index in [-0.39, 0.29) is 10.7 Å². The van der Waals surface area contributed by atoms with Crippen LogP contribution in [0.25, 0.3) is 10.8 Å². The number of hydrogen-bond donors (Lipinski definition) is 1. The van der Waals surface area contributed by atoms with Gasteiger partial charge in [0.05, 0.1) is 19.6 Å². The highest BCUT2D eigenvalue weighted by molar-refractivity contribution is 6.30. The molecular formula is C11H10ClNO3. The van der Waals surface area contributed by atoms with Crippen molar-refractivity contribution in [1.82, 2.24) is 4.98 Å². The van der Waals surface area contributed by atoms with Gasteiger partial charge >= 0.3 is 0 Å². The highest BCUT2D eigenvalue weighted by Gasteiger charge is 2.11. The number of aromatic nitrogens is 1. The number of pyridine rings is 1. The second-order valence-corrected chi connectivity index (χ2v) is 3.62. The minimum Gasteiger partial charge on any atom is -0.493 e. The Morgan fingerprint density at radius 3 is 2.56 bits per heavy atom. The zero-order valence-electron chi connectivity index (χ0n) is 8.83. The van der Waals surface area contributed by atoms with Crippen LogP contribution in [0.3, 0.4) is 0 Å². The molecule has 1 aromatic carbocycles. The summed E-state index contributed by atoms with van der Waals surface area (Å²) in [4.78, 5) is 14.1. The number of ether oxygens (including phenoxy) is 2. The molecule has 1 N–H and O–H groups in total. The van der Waals surface area contributed by atoms with Gasteiger partial charge < -0.3 is 14.5 Å². The topological polar surface area (TPSA) is 51.3 Å². The molecule has 0 unspecified atom stereocenters. The van der Waals surface area contributed by atoms with Gasteiger partial charge in [-0.25, -0.2) is 0 Å². The number of benzene rings is 1. The van der Waals surface area contributed by atoms with E-state index in [0.29, 0.717) is 22.3 Å². The van der Waals surface area contributed by atoms with Gasteiger partial charge in [-0.05, 0) is 18.2 Å². The zero-order valence-corrected chi connectivity index (χ0v) is 9.59. The molecule has 1 aromatic heterocycles. The summed E-state index contributed by atoms with van der Waals surface area (Å²) in [6.07, 6.45) is 0. The molecule has 0 aliphatic heterocycles. The average molecular weight is 240 g/mol. The lowest BCUT2D eigenvalue weighted by atomic mass is 10.1. The van der Waals surface area contributed by atoms with Crippen LogP contribution in [0.15, 0.2) is 23.0 Å². The number of H-pyrrole nitrogens is 1. The SMILES string of the molecule is COc1ccc2c(=O)[nH]c(Cl)cc2c1OC. The molecule has 4 nitrogen and oxygen atoms in total. The number of rotatable bonds is 2. The summed E-state index contributed by atoms with van der Waals surface area (Å²) >= 11 is 5.80. The third-order valence-electron chi connectivity index (χ3n) is 2.33. The molecular weight excluding hydrogens is 230 g/mol. The van der Waals surface area contributed by atoms with E-state index < -0.39 is 0 Å². The maximum absolute atomic E-state index is 11.6. The van der Waals surface area contributed by atoms with Crippen LogP contribution < -0.4 is 15.0 Å². The average Bonchev–Trinajstić information content (AvgIpc) is 2.27. The molecule has 0 aliphatic carbocycles. The third-order valence-corrected chi connectivity index (χ3v) is 2.54. The van der Waals surface area contributed by atoms with E-state index in [1.54, 1.807) is 25.3 Å². The molecule has 0 amide bonds. The van der Waals surface area contributed by atoms with Crippen molar-refractivity contribution in [3.8, 4) is 11.5 Å². The lowest BCUT2D eigenvalue weighted by molar-refractivity contribution is 0.358. The van der Waals surface area contributed by atoms with Crippen LogP contribution >= 0.6 is 11.6 Å². The molecule has 84 valence electrons. The van der Waals surface area contributed by atoms with Crippen LogP contribution in [0.2, 0.25) is 5.15 Å². The van der Waals surface area contributed by atoms with Crippen molar-refractivity contribution in [2.75, 3.05) is 14.2 Å². The van der Waals surface area contributed by atoms with Crippen molar-refractivity contribution in [2.24, 2.45) is 0 Å². The number of hydrogen-bond acceptors (Lipinski definition) is 3. The molecule has 0 fully saturated rings. The van der Waals surface area contributed by atoms with E-state index in [0.717, 1.165) is 0 Å². The second-order valence-electron chi connectivity index (χ2n) is 3.21. The smallest absolute Gasteiger partial charge is 0.257 e. The Morgan fingerprint density at radius 1 is 1.19 bits per heavy atom. The van der Waals surface area contributed by atoms with Crippen LogP contribution in [-0.2, 0) is 0 Å². The van der Waals surface area contributed by atoms with Crippen molar-refractivity contribution in [1.29, 1.82) is 0 Å². The Labute approximate surface area is 96.8 Å². The molecule has 0 spiro atoms. The quantitative estimate of drug-likeness (QED) is 0.818. The second kappa shape index (κ2) is 4.06. The lowest BCUT2D eigenvalue weighted by Gasteiger charge is -2.10. The summed E-state index contributed by atoms with van der Waals surface area (Å²) < 4.78 is 10.4. The molecule has 5 heteroatoms. The maximum Gasteiger partial charge on any atom is 0.257 e. The Morgan fingerprint density at radius 2 is 1.94 bits per heavy atom. The molecule has 0 saturated carbocycles. The van der Waals surface area contributed by atoms with E-state index in [1.165, 1.54) is 7.11 Å². The Hall–Kier alpha value is -1.68. The first-order valence-electron chi connectivity index (χ1n) is 4.61. The maximum atomic E-state index is 11.6. The first-order chi connectivity index (χ1) is 7.67. The summed E-state index contributed by atoms with van der Waals surface area (Å²) in [6, 6.07) is 5.00. The van der Waals surface area contributed by atoms with Crippen molar-refractivity contribution in [3.05, 3.63) is 33.7 Å². The summed E-state index contributed by atoms with van der Waals surface area (Å²) in [7, 11) is 3.06. The summed E-state index contributed by atoms with van der Waals surface area (Å²) in [5.74, 6) is 1.07. The fourth-order valence-corrected chi connectivity index (χ4v) is 1.83. The van der Waals surface area contributed by atoms with Crippen molar-refractivity contribution < 1.29 is 9.47 Å². The van der Waals surface area contributed by atoms with Crippen molar-refractivity contribution in [3.63, 3.8) is 0 Å². The van der Waals surface area contributed by atoms with Crippen LogP contribution in [0, 0.1) is 0 Å². The van der Waals surface area contributed by atoms with Gasteiger partial charge in [-0.15, -0.1) is 0 Å². The van der Waals surface area contributed by atoms with E-state index in [4.69, 9.17) is 21.1 Å². The molecule has 1 heterocycles. The van der Waals surface area contributed by atoms with Gasteiger partial charge in [0.2, 0.25) is 0 Å². The largest absolute Gasteiger partial charge is 0.493 e. The Bertz CT molecular complexity index is 592.